The Bertz CT molecular complexity index is 401. The summed E-state index contributed by atoms with van der Waals surface area (Å²) >= 11 is 0. The average Bonchev–Trinajstić information content (AvgIpc) is 2.46. The Kier molecular flexibility index (Phi) is 6.25. The van der Waals surface area contributed by atoms with Crippen molar-refractivity contribution in [2.45, 2.75) is 59.1 Å². The van der Waals surface area contributed by atoms with Gasteiger partial charge < -0.3 is 10.1 Å². The van der Waals surface area contributed by atoms with Crippen LogP contribution in [-0.4, -0.2) is 19.3 Å². The standard InChI is InChI=1S/C19H31NO/c1-16-8-7-11-18(12-16)21-15-19(2,3)14-20-13-17-9-5-4-6-10-17/h4-6,9-10,16,18,20H,7-8,11-15H2,1-3H3. The molecule has 0 bridgehead atoms. The third kappa shape index (κ3) is 6.19. The second kappa shape index (κ2) is 7.95. The summed E-state index contributed by atoms with van der Waals surface area (Å²) in [6, 6.07) is 10.6. The van der Waals surface area contributed by atoms with Gasteiger partial charge >= 0.3 is 0 Å². The molecule has 1 aliphatic carbocycles. The van der Waals surface area contributed by atoms with Gasteiger partial charge in [0.25, 0.3) is 0 Å². The molecule has 118 valence electrons. The van der Waals surface area contributed by atoms with E-state index in [1.807, 2.05) is 0 Å². The van der Waals surface area contributed by atoms with Gasteiger partial charge in [-0.1, -0.05) is 63.9 Å². The first-order valence-corrected chi connectivity index (χ1v) is 8.41. The van der Waals surface area contributed by atoms with Crippen LogP contribution in [0.4, 0.5) is 0 Å². The number of hydrogen-bond acceptors (Lipinski definition) is 2. The van der Waals surface area contributed by atoms with E-state index >= 15 is 0 Å². The van der Waals surface area contributed by atoms with Gasteiger partial charge in [0.1, 0.15) is 0 Å². The van der Waals surface area contributed by atoms with Crippen LogP contribution in [0.25, 0.3) is 0 Å². The molecule has 1 N–H and O–H groups in total. The third-order valence-corrected chi connectivity index (χ3v) is 4.37. The van der Waals surface area contributed by atoms with Crippen LogP contribution in [0, 0.1) is 11.3 Å². The molecule has 2 heteroatoms. The molecule has 1 fully saturated rings. The fourth-order valence-corrected chi connectivity index (χ4v) is 3.07. The lowest BCUT2D eigenvalue weighted by molar-refractivity contribution is -0.0235. The Morgan fingerprint density at radius 1 is 1.19 bits per heavy atom. The largest absolute Gasteiger partial charge is 0.378 e. The van der Waals surface area contributed by atoms with Gasteiger partial charge in [0.2, 0.25) is 0 Å². The lowest BCUT2D eigenvalue weighted by Crippen LogP contribution is -2.35. The highest BCUT2D eigenvalue weighted by molar-refractivity contribution is 5.14. The molecule has 0 spiro atoms. The molecule has 2 nitrogen and oxygen atoms in total. The van der Waals surface area contributed by atoms with Crippen LogP contribution < -0.4 is 5.32 Å². The van der Waals surface area contributed by atoms with Gasteiger partial charge in [-0.3, -0.25) is 0 Å². The Balaban J connectivity index is 1.66. The van der Waals surface area contributed by atoms with Crippen LogP contribution in [0.5, 0.6) is 0 Å². The molecule has 2 rings (SSSR count). The SMILES string of the molecule is CC1CCCC(OCC(C)(C)CNCc2ccccc2)C1. The van der Waals surface area contributed by atoms with Gasteiger partial charge in [0.05, 0.1) is 12.7 Å². The smallest absolute Gasteiger partial charge is 0.0578 e. The molecular weight excluding hydrogens is 258 g/mol. The molecule has 1 aliphatic rings. The van der Waals surface area contributed by atoms with E-state index in [1.54, 1.807) is 0 Å². The average molecular weight is 289 g/mol. The van der Waals surface area contributed by atoms with E-state index in [-0.39, 0.29) is 5.41 Å². The van der Waals surface area contributed by atoms with Crippen molar-refractivity contribution in [3.63, 3.8) is 0 Å². The van der Waals surface area contributed by atoms with Crippen LogP contribution in [-0.2, 0) is 11.3 Å². The van der Waals surface area contributed by atoms with Crippen molar-refractivity contribution in [1.82, 2.24) is 5.32 Å². The second-order valence-electron chi connectivity index (χ2n) is 7.46. The van der Waals surface area contributed by atoms with Gasteiger partial charge in [0, 0.05) is 18.5 Å². The monoisotopic (exact) mass is 289 g/mol. The molecule has 0 saturated heterocycles. The minimum absolute atomic E-state index is 0.190. The maximum atomic E-state index is 6.18. The van der Waals surface area contributed by atoms with E-state index in [9.17, 15) is 0 Å². The number of hydrogen-bond donors (Lipinski definition) is 1. The summed E-state index contributed by atoms with van der Waals surface area (Å²) < 4.78 is 6.18. The van der Waals surface area contributed by atoms with Crippen LogP contribution >= 0.6 is 0 Å². The molecule has 0 aromatic heterocycles. The first-order valence-electron chi connectivity index (χ1n) is 8.41. The Hall–Kier alpha value is -0.860. The molecule has 0 heterocycles. The summed E-state index contributed by atoms with van der Waals surface area (Å²) in [7, 11) is 0. The minimum Gasteiger partial charge on any atom is -0.378 e. The van der Waals surface area contributed by atoms with Crippen molar-refractivity contribution >= 4 is 0 Å². The van der Waals surface area contributed by atoms with E-state index in [1.165, 1.54) is 31.2 Å². The van der Waals surface area contributed by atoms with Gasteiger partial charge in [-0.2, -0.15) is 0 Å². The molecule has 0 amide bonds. The summed E-state index contributed by atoms with van der Waals surface area (Å²) in [5.41, 5.74) is 1.53. The highest BCUT2D eigenvalue weighted by atomic mass is 16.5. The molecule has 1 aromatic rings. The van der Waals surface area contributed by atoms with E-state index < -0.39 is 0 Å². The maximum absolute atomic E-state index is 6.18. The molecule has 0 radical (unpaired) electrons. The van der Waals surface area contributed by atoms with E-state index in [4.69, 9.17) is 4.74 Å². The highest BCUT2D eigenvalue weighted by Crippen LogP contribution is 2.27. The normalized spacial score (nSPS) is 23.2. The van der Waals surface area contributed by atoms with Crippen molar-refractivity contribution in [3.8, 4) is 0 Å². The number of nitrogens with one attached hydrogen (secondary N) is 1. The quantitative estimate of drug-likeness (QED) is 0.803. The van der Waals surface area contributed by atoms with Crippen LogP contribution in [0.3, 0.4) is 0 Å². The Morgan fingerprint density at radius 3 is 2.67 bits per heavy atom. The summed E-state index contributed by atoms with van der Waals surface area (Å²) in [5, 5.41) is 3.56. The number of rotatable bonds is 7. The van der Waals surface area contributed by atoms with E-state index in [2.05, 4.69) is 56.4 Å². The predicted molar refractivity (Wildman–Crippen MR) is 89.3 cm³/mol. The Morgan fingerprint density at radius 2 is 1.95 bits per heavy atom. The van der Waals surface area contributed by atoms with Gasteiger partial charge in [0.15, 0.2) is 0 Å². The van der Waals surface area contributed by atoms with Crippen LogP contribution in [0.1, 0.15) is 52.0 Å². The van der Waals surface area contributed by atoms with E-state index in [0.717, 1.165) is 25.6 Å². The van der Waals surface area contributed by atoms with Crippen LogP contribution in [0.2, 0.25) is 0 Å². The summed E-state index contributed by atoms with van der Waals surface area (Å²) in [4.78, 5) is 0. The summed E-state index contributed by atoms with van der Waals surface area (Å²) in [6.45, 7) is 9.71. The van der Waals surface area contributed by atoms with Crippen LogP contribution in [0.15, 0.2) is 30.3 Å². The first-order chi connectivity index (χ1) is 10.1. The van der Waals surface area contributed by atoms with Gasteiger partial charge in [-0.25, -0.2) is 0 Å². The first kappa shape index (κ1) is 16.5. The van der Waals surface area contributed by atoms with Gasteiger partial charge in [-0.15, -0.1) is 0 Å². The molecule has 2 atom stereocenters. The third-order valence-electron chi connectivity index (χ3n) is 4.37. The molecule has 21 heavy (non-hydrogen) atoms. The number of benzene rings is 1. The molecule has 1 aromatic carbocycles. The lowest BCUT2D eigenvalue weighted by Gasteiger charge is -2.31. The fourth-order valence-electron chi connectivity index (χ4n) is 3.07. The lowest BCUT2D eigenvalue weighted by atomic mass is 9.88. The zero-order valence-electron chi connectivity index (χ0n) is 13.9. The van der Waals surface area contributed by atoms with Crippen molar-refractivity contribution in [1.29, 1.82) is 0 Å². The van der Waals surface area contributed by atoms with Gasteiger partial charge in [-0.05, 0) is 24.3 Å². The fraction of sp³-hybridized carbons (Fsp3) is 0.684. The topological polar surface area (TPSA) is 21.3 Å². The summed E-state index contributed by atoms with van der Waals surface area (Å²) in [5.74, 6) is 0.836. The van der Waals surface area contributed by atoms with E-state index in [0.29, 0.717) is 6.10 Å². The number of ether oxygens (including phenoxy) is 1. The molecular formula is C19H31NO. The van der Waals surface area contributed by atoms with Crippen molar-refractivity contribution in [2.75, 3.05) is 13.2 Å². The minimum atomic E-state index is 0.190. The maximum Gasteiger partial charge on any atom is 0.0578 e. The zero-order chi connectivity index (χ0) is 15.1. The molecule has 0 aliphatic heterocycles. The highest BCUT2D eigenvalue weighted by Gasteiger charge is 2.23. The van der Waals surface area contributed by atoms with Crippen molar-refractivity contribution in [3.05, 3.63) is 35.9 Å². The predicted octanol–water partition coefficient (Wildman–Crippen LogP) is 4.40. The van der Waals surface area contributed by atoms with Crippen molar-refractivity contribution in [2.24, 2.45) is 11.3 Å². The molecule has 2 unspecified atom stereocenters. The summed E-state index contributed by atoms with van der Waals surface area (Å²) in [6.07, 6.45) is 5.69. The second-order valence-corrected chi connectivity index (χ2v) is 7.46. The zero-order valence-corrected chi connectivity index (χ0v) is 13.9. The van der Waals surface area contributed by atoms with Crippen molar-refractivity contribution < 1.29 is 4.74 Å². The molecule has 1 saturated carbocycles. The Labute approximate surface area is 130 Å².